The van der Waals surface area contributed by atoms with Crippen molar-refractivity contribution in [2.45, 2.75) is 9.92 Å². The number of nitrogens with zero attached hydrogens (tertiary/aromatic N) is 3. The molecule has 1 aliphatic rings. The van der Waals surface area contributed by atoms with E-state index in [2.05, 4.69) is 27.0 Å². The number of H-pyrrole nitrogens is 1. The van der Waals surface area contributed by atoms with Gasteiger partial charge < -0.3 is 9.80 Å². The number of aromatic nitrogens is 2. The molecule has 2 heterocycles. The van der Waals surface area contributed by atoms with Gasteiger partial charge in [0.15, 0.2) is 5.03 Å². The van der Waals surface area contributed by atoms with Crippen LogP contribution in [0, 0.1) is 0 Å². The van der Waals surface area contributed by atoms with Gasteiger partial charge in [-0.15, -0.1) is 0 Å². The predicted molar refractivity (Wildman–Crippen MR) is 103 cm³/mol. The molecule has 0 amide bonds. The van der Waals surface area contributed by atoms with Crippen molar-refractivity contribution in [3.05, 3.63) is 47.5 Å². The second-order valence-electron chi connectivity index (χ2n) is 6.50. The fraction of sp³-hybridized carbons (Fsp3) is 0.278. The van der Waals surface area contributed by atoms with Gasteiger partial charge in [-0.25, -0.2) is 8.42 Å². The van der Waals surface area contributed by atoms with Gasteiger partial charge in [-0.05, 0) is 49.5 Å². The Bertz CT molecular complexity index is 1040. The molecule has 0 bridgehead atoms. The van der Waals surface area contributed by atoms with Crippen LogP contribution in [0.25, 0.3) is 10.9 Å². The van der Waals surface area contributed by atoms with Crippen LogP contribution in [0.5, 0.6) is 0 Å². The summed E-state index contributed by atoms with van der Waals surface area (Å²) < 4.78 is 26.0. The Morgan fingerprint density at radius 2 is 1.73 bits per heavy atom. The standard InChI is InChI=1S/C18H19ClN4O2S/c1-22-8-10-23(11-9-22)14-4-7-17-16(12-14)18(21-20-17)26(24,25)15-5-2-13(19)3-6-15/h2-7,12H,8-11H2,1H3,(H,20,21). The second-order valence-corrected chi connectivity index (χ2v) is 8.82. The summed E-state index contributed by atoms with van der Waals surface area (Å²) in [6, 6.07) is 11.9. The normalized spacial score (nSPS) is 16.3. The minimum absolute atomic E-state index is 0.116. The maximum Gasteiger partial charge on any atom is 0.223 e. The number of benzene rings is 2. The van der Waals surface area contributed by atoms with Gasteiger partial charge in [0.2, 0.25) is 9.84 Å². The van der Waals surface area contributed by atoms with E-state index in [4.69, 9.17) is 11.6 Å². The lowest BCUT2D eigenvalue weighted by Gasteiger charge is -2.34. The number of piperazine rings is 1. The molecule has 1 aromatic heterocycles. The van der Waals surface area contributed by atoms with Gasteiger partial charge in [0.1, 0.15) is 0 Å². The highest BCUT2D eigenvalue weighted by molar-refractivity contribution is 7.91. The Labute approximate surface area is 157 Å². The van der Waals surface area contributed by atoms with Gasteiger partial charge in [-0.3, -0.25) is 5.10 Å². The van der Waals surface area contributed by atoms with Crippen molar-refractivity contribution < 1.29 is 8.42 Å². The van der Waals surface area contributed by atoms with Gasteiger partial charge >= 0.3 is 0 Å². The Balaban J connectivity index is 1.76. The van der Waals surface area contributed by atoms with Crippen molar-refractivity contribution in [2.75, 3.05) is 38.1 Å². The predicted octanol–water partition coefficient (Wildman–Crippen LogP) is 2.80. The van der Waals surface area contributed by atoms with Crippen molar-refractivity contribution in [2.24, 2.45) is 0 Å². The number of hydrogen-bond acceptors (Lipinski definition) is 5. The molecule has 2 aromatic carbocycles. The van der Waals surface area contributed by atoms with Crippen molar-refractivity contribution in [3.63, 3.8) is 0 Å². The average Bonchev–Trinajstić information content (AvgIpc) is 3.06. The van der Waals surface area contributed by atoms with Crippen LogP contribution in [-0.2, 0) is 9.84 Å². The number of halogens is 1. The minimum Gasteiger partial charge on any atom is -0.369 e. The first-order chi connectivity index (χ1) is 12.4. The summed E-state index contributed by atoms with van der Waals surface area (Å²) in [4.78, 5) is 4.74. The molecule has 8 heteroatoms. The molecule has 136 valence electrons. The van der Waals surface area contributed by atoms with Crippen LogP contribution in [0.2, 0.25) is 5.02 Å². The quantitative estimate of drug-likeness (QED) is 0.744. The number of fused-ring (bicyclic) bond motifs is 1. The van der Waals surface area contributed by atoms with Crippen molar-refractivity contribution in [1.82, 2.24) is 15.1 Å². The third kappa shape index (κ3) is 3.06. The van der Waals surface area contributed by atoms with E-state index >= 15 is 0 Å². The third-order valence-corrected chi connectivity index (χ3v) is 6.76. The lowest BCUT2D eigenvalue weighted by atomic mass is 10.2. The summed E-state index contributed by atoms with van der Waals surface area (Å²) in [5, 5.41) is 8.10. The number of nitrogens with one attached hydrogen (secondary N) is 1. The fourth-order valence-corrected chi connectivity index (χ4v) is 4.65. The Morgan fingerprint density at radius 3 is 2.42 bits per heavy atom. The van der Waals surface area contributed by atoms with Crippen molar-refractivity contribution >= 4 is 38.0 Å². The molecule has 1 N–H and O–H groups in total. The van der Waals surface area contributed by atoms with E-state index in [-0.39, 0.29) is 9.92 Å². The molecule has 0 unspecified atom stereocenters. The van der Waals surface area contributed by atoms with Gasteiger partial charge in [-0.1, -0.05) is 11.6 Å². The lowest BCUT2D eigenvalue weighted by Crippen LogP contribution is -2.44. The number of likely N-dealkylation sites (N-methyl/N-ethyl adjacent to an activating group) is 1. The number of hydrogen-bond donors (Lipinski definition) is 1. The van der Waals surface area contributed by atoms with E-state index in [1.165, 1.54) is 12.1 Å². The van der Waals surface area contributed by atoms with Gasteiger partial charge in [-0.2, -0.15) is 5.10 Å². The Morgan fingerprint density at radius 1 is 1.04 bits per heavy atom. The highest BCUT2D eigenvalue weighted by Gasteiger charge is 2.24. The molecule has 1 saturated heterocycles. The smallest absolute Gasteiger partial charge is 0.223 e. The number of anilines is 1. The molecule has 0 radical (unpaired) electrons. The van der Waals surface area contributed by atoms with E-state index in [0.717, 1.165) is 31.9 Å². The zero-order chi connectivity index (χ0) is 18.3. The second kappa shape index (κ2) is 6.57. The Hall–Kier alpha value is -2.09. The third-order valence-electron chi connectivity index (χ3n) is 4.76. The first-order valence-electron chi connectivity index (χ1n) is 8.37. The highest BCUT2D eigenvalue weighted by atomic mass is 35.5. The molecule has 1 fully saturated rings. The van der Waals surface area contributed by atoms with E-state index in [1.54, 1.807) is 12.1 Å². The molecule has 1 aliphatic heterocycles. The van der Waals surface area contributed by atoms with Gasteiger partial charge in [0, 0.05) is 42.3 Å². The summed E-state index contributed by atoms with van der Waals surface area (Å²) in [7, 11) is -1.59. The monoisotopic (exact) mass is 390 g/mol. The maximum absolute atomic E-state index is 13.0. The maximum atomic E-state index is 13.0. The Kier molecular flexibility index (Phi) is 4.38. The first-order valence-corrected chi connectivity index (χ1v) is 10.2. The summed E-state index contributed by atoms with van der Waals surface area (Å²) in [5.41, 5.74) is 1.65. The largest absolute Gasteiger partial charge is 0.369 e. The van der Waals surface area contributed by atoms with Crippen molar-refractivity contribution in [1.29, 1.82) is 0 Å². The number of aromatic amines is 1. The van der Waals surface area contributed by atoms with E-state index < -0.39 is 9.84 Å². The van der Waals surface area contributed by atoms with Crippen LogP contribution in [0.15, 0.2) is 52.4 Å². The topological polar surface area (TPSA) is 69.3 Å². The van der Waals surface area contributed by atoms with Crippen LogP contribution in [0.1, 0.15) is 0 Å². The zero-order valence-electron chi connectivity index (χ0n) is 14.3. The van der Waals surface area contributed by atoms with Crippen LogP contribution < -0.4 is 4.90 Å². The lowest BCUT2D eigenvalue weighted by molar-refractivity contribution is 0.313. The van der Waals surface area contributed by atoms with E-state index in [0.29, 0.717) is 15.9 Å². The molecule has 3 aromatic rings. The molecular formula is C18H19ClN4O2S. The number of rotatable bonds is 3. The van der Waals surface area contributed by atoms with Crippen LogP contribution in [-0.4, -0.2) is 56.7 Å². The van der Waals surface area contributed by atoms with Crippen LogP contribution in [0.3, 0.4) is 0 Å². The minimum atomic E-state index is -3.70. The van der Waals surface area contributed by atoms with Crippen LogP contribution >= 0.6 is 11.6 Å². The van der Waals surface area contributed by atoms with E-state index in [1.807, 2.05) is 18.2 Å². The highest BCUT2D eigenvalue weighted by Crippen LogP contribution is 2.30. The fourth-order valence-electron chi connectivity index (χ4n) is 3.17. The molecule has 26 heavy (non-hydrogen) atoms. The van der Waals surface area contributed by atoms with Crippen molar-refractivity contribution in [3.8, 4) is 0 Å². The number of sulfone groups is 1. The zero-order valence-corrected chi connectivity index (χ0v) is 15.9. The molecule has 0 saturated carbocycles. The molecule has 6 nitrogen and oxygen atoms in total. The summed E-state index contributed by atoms with van der Waals surface area (Å²) in [5.74, 6) is 0. The van der Waals surface area contributed by atoms with Crippen LogP contribution in [0.4, 0.5) is 5.69 Å². The molecule has 4 rings (SSSR count). The average molecular weight is 391 g/mol. The van der Waals surface area contributed by atoms with Gasteiger partial charge in [0.25, 0.3) is 0 Å². The van der Waals surface area contributed by atoms with Gasteiger partial charge in [0.05, 0.1) is 10.4 Å². The first kappa shape index (κ1) is 17.3. The molecule has 0 atom stereocenters. The summed E-state index contributed by atoms with van der Waals surface area (Å²) >= 11 is 5.87. The summed E-state index contributed by atoms with van der Waals surface area (Å²) in [6.07, 6.45) is 0. The SMILES string of the molecule is CN1CCN(c2ccc3n[nH]c(S(=O)(=O)c4ccc(Cl)cc4)c3c2)CC1. The molecule has 0 aliphatic carbocycles. The molecule has 0 spiro atoms. The summed E-state index contributed by atoms with van der Waals surface area (Å²) in [6.45, 7) is 3.80. The molecular weight excluding hydrogens is 372 g/mol. The van der Waals surface area contributed by atoms with E-state index in [9.17, 15) is 8.42 Å².